The number of anilines is 1. The summed E-state index contributed by atoms with van der Waals surface area (Å²) in [5.74, 6) is -0.422. The molecule has 2 aromatic carbocycles. The van der Waals surface area contributed by atoms with Crippen molar-refractivity contribution in [3.05, 3.63) is 60.6 Å². The lowest BCUT2D eigenvalue weighted by atomic mass is 9.96. The summed E-state index contributed by atoms with van der Waals surface area (Å²) < 4.78 is 1.87. The second-order valence-electron chi connectivity index (χ2n) is 9.52. The highest BCUT2D eigenvalue weighted by molar-refractivity contribution is 6.11. The smallest absolute Gasteiger partial charge is 0.249 e. The van der Waals surface area contributed by atoms with Crippen molar-refractivity contribution in [3.63, 3.8) is 0 Å². The molecule has 7 heteroatoms. The Labute approximate surface area is 199 Å². The van der Waals surface area contributed by atoms with Crippen molar-refractivity contribution < 1.29 is 4.79 Å². The van der Waals surface area contributed by atoms with Gasteiger partial charge in [0.25, 0.3) is 0 Å². The van der Waals surface area contributed by atoms with Gasteiger partial charge in [0.2, 0.25) is 5.91 Å². The first kappa shape index (κ1) is 21.1. The Morgan fingerprint density at radius 3 is 2.41 bits per heavy atom. The van der Waals surface area contributed by atoms with Crippen LogP contribution in [0.5, 0.6) is 0 Å². The van der Waals surface area contributed by atoms with Gasteiger partial charge in [-0.05, 0) is 61.2 Å². The van der Waals surface area contributed by atoms with Gasteiger partial charge in [0.05, 0.1) is 24.3 Å². The molecule has 0 unspecified atom stereocenters. The number of hydrogen-bond acceptors (Lipinski definition) is 5. The van der Waals surface area contributed by atoms with E-state index in [0.29, 0.717) is 5.56 Å². The fourth-order valence-corrected chi connectivity index (χ4v) is 5.74. The van der Waals surface area contributed by atoms with Crippen LogP contribution < -0.4 is 10.6 Å². The molecular formula is C27H30N6O. The molecule has 34 heavy (non-hydrogen) atoms. The number of carbonyl (C=O) groups is 1. The van der Waals surface area contributed by atoms with E-state index in [-0.39, 0.29) is 0 Å². The Hall–Kier alpha value is -3.45. The number of piperidine rings is 2. The average Bonchev–Trinajstić information content (AvgIpc) is 3.31. The van der Waals surface area contributed by atoms with E-state index in [1.807, 2.05) is 47.2 Å². The quantitative estimate of drug-likeness (QED) is 0.502. The van der Waals surface area contributed by atoms with Gasteiger partial charge in [0.15, 0.2) is 5.65 Å². The second-order valence-corrected chi connectivity index (χ2v) is 9.52. The SMILES string of the molecule is NC(=O)c1ccc(-c2cnn3cc(N4CCC(N5CCCCC5)CC4)cnc23)c2ccccc12. The maximum Gasteiger partial charge on any atom is 0.249 e. The number of carbonyl (C=O) groups excluding carboxylic acids is 1. The highest BCUT2D eigenvalue weighted by Crippen LogP contribution is 2.33. The van der Waals surface area contributed by atoms with E-state index < -0.39 is 5.91 Å². The number of amides is 1. The van der Waals surface area contributed by atoms with Crippen molar-refractivity contribution in [2.24, 2.45) is 5.73 Å². The topological polar surface area (TPSA) is 79.8 Å². The maximum absolute atomic E-state index is 11.9. The van der Waals surface area contributed by atoms with E-state index in [9.17, 15) is 4.79 Å². The Morgan fingerprint density at radius 2 is 1.65 bits per heavy atom. The monoisotopic (exact) mass is 454 g/mol. The first-order valence-corrected chi connectivity index (χ1v) is 12.3. The predicted octanol–water partition coefficient (Wildman–Crippen LogP) is 4.10. The fraction of sp³-hybridized carbons (Fsp3) is 0.370. The fourth-order valence-electron chi connectivity index (χ4n) is 5.74. The van der Waals surface area contributed by atoms with Crippen molar-refractivity contribution in [2.45, 2.75) is 38.1 Å². The number of nitrogens with two attached hydrogens (primary N) is 1. The van der Waals surface area contributed by atoms with Gasteiger partial charge in [-0.25, -0.2) is 9.50 Å². The third-order valence-corrected chi connectivity index (χ3v) is 7.56. The maximum atomic E-state index is 11.9. The Kier molecular flexibility index (Phi) is 5.41. The van der Waals surface area contributed by atoms with E-state index in [0.717, 1.165) is 52.4 Å². The molecule has 2 saturated heterocycles. The summed E-state index contributed by atoms with van der Waals surface area (Å²) in [5.41, 5.74) is 10.0. The number of fused-ring (bicyclic) bond motifs is 2. The van der Waals surface area contributed by atoms with Gasteiger partial charge < -0.3 is 15.5 Å². The van der Waals surface area contributed by atoms with Crippen LogP contribution in [0.1, 0.15) is 42.5 Å². The molecule has 2 fully saturated rings. The predicted molar refractivity (Wildman–Crippen MR) is 135 cm³/mol. The number of hydrogen-bond donors (Lipinski definition) is 1. The zero-order valence-electron chi connectivity index (χ0n) is 19.4. The molecule has 2 aliphatic rings. The van der Waals surface area contributed by atoms with Gasteiger partial charge in [-0.3, -0.25) is 4.79 Å². The van der Waals surface area contributed by atoms with Gasteiger partial charge in [0, 0.05) is 30.3 Å². The molecule has 7 nitrogen and oxygen atoms in total. The van der Waals surface area contributed by atoms with Crippen molar-refractivity contribution >= 4 is 28.0 Å². The third kappa shape index (κ3) is 3.70. The molecule has 0 radical (unpaired) electrons. The van der Waals surface area contributed by atoms with Crippen LogP contribution in [0, 0.1) is 0 Å². The normalized spacial score (nSPS) is 18.1. The summed E-state index contributed by atoms with van der Waals surface area (Å²) in [4.78, 5) is 21.9. The van der Waals surface area contributed by atoms with Gasteiger partial charge >= 0.3 is 0 Å². The lowest BCUT2D eigenvalue weighted by molar-refractivity contribution is 0.100. The minimum atomic E-state index is -0.422. The number of rotatable bonds is 4. The van der Waals surface area contributed by atoms with Crippen molar-refractivity contribution in [1.29, 1.82) is 0 Å². The Balaban J connectivity index is 1.28. The first-order valence-electron chi connectivity index (χ1n) is 12.3. The van der Waals surface area contributed by atoms with E-state index in [1.54, 1.807) is 6.07 Å². The minimum absolute atomic E-state index is 0.422. The number of nitrogens with zero attached hydrogens (tertiary/aromatic N) is 5. The largest absolute Gasteiger partial charge is 0.369 e. The highest BCUT2D eigenvalue weighted by atomic mass is 16.1. The summed E-state index contributed by atoms with van der Waals surface area (Å²) >= 11 is 0. The lowest BCUT2D eigenvalue weighted by Crippen LogP contribution is -2.46. The molecule has 0 saturated carbocycles. The van der Waals surface area contributed by atoms with Gasteiger partial charge in [-0.1, -0.05) is 36.8 Å². The van der Waals surface area contributed by atoms with Crippen molar-refractivity contribution in [1.82, 2.24) is 19.5 Å². The summed E-state index contributed by atoms with van der Waals surface area (Å²) in [6.07, 6.45) is 12.4. The zero-order valence-corrected chi connectivity index (χ0v) is 19.4. The summed E-state index contributed by atoms with van der Waals surface area (Å²) in [6, 6.07) is 12.3. The summed E-state index contributed by atoms with van der Waals surface area (Å²) in [7, 11) is 0. The number of primary amides is 1. The third-order valence-electron chi connectivity index (χ3n) is 7.56. The van der Waals surface area contributed by atoms with Crippen LogP contribution >= 0.6 is 0 Å². The zero-order chi connectivity index (χ0) is 23.1. The molecule has 0 aliphatic carbocycles. The molecule has 1 amide bonds. The van der Waals surface area contributed by atoms with Crippen LogP contribution in [0.15, 0.2) is 55.0 Å². The number of likely N-dealkylation sites (tertiary alicyclic amines) is 1. The molecule has 0 spiro atoms. The van der Waals surface area contributed by atoms with Gasteiger partial charge in [-0.2, -0.15) is 5.10 Å². The standard InChI is InChI=1S/C27H30N6O/c28-26(34)24-9-8-23(21-6-2-3-7-22(21)24)25-17-30-33-18-20(16-29-27(25)33)32-14-10-19(11-15-32)31-12-4-1-5-13-31/h2-3,6-9,16-19H,1,4-5,10-15H2,(H2,28,34). The molecule has 174 valence electrons. The van der Waals surface area contributed by atoms with Gasteiger partial charge in [-0.15, -0.1) is 0 Å². The second kappa shape index (κ2) is 8.72. The van der Waals surface area contributed by atoms with Crippen LogP contribution in [0.3, 0.4) is 0 Å². The molecular weight excluding hydrogens is 424 g/mol. The Morgan fingerprint density at radius 1 is 0.882 bits per heavy atom. The Bertz CT molecular complexity index is 1350. The molecule has 6 rings (SSSR count). The molecule has 2 aromatic heterocycles. The molecule has 4 heterocycles. The number of aromatic nitrogens is 3. The average molecular weight is 455 g/mol. The first-order chi connectivity index (χ1) is 16.7. The molecule has 0 atom stereocenters. The lowest BCUT2D eigenvalue weighted by Gasteiger charge is -2.40. The van der Waals surface area contributed by atoms with E-state index in [2.05, 4.69) is 21.1 Å². The highest BCUT2D eigenvalue weighted by Gasteiger charge is 2.26. The van der Waals surface area contributed by atoms with Crippen LogP contribution in [-0.2, 0) is 0 Å². The van der Waals surface area contributed by atoms with Gasteiger partial charge in [0.1, 0.15) is 0 Å². The summed E-state index contributed by atoms with van der Waals surface area (Å²) in [6.45, 7) is 4.65. The molecule has 2 aliphatic heterocycles. The molecule has 4 aromatic rings. The minimum Gasteiger partial charge on any atom is -0.369 e. The van der Waals surface area contributed by atoms with Crippen molar-refractivity contribution in [3.8, 4) is 11.1 Å². The number of benzene rings is 2. The van der Waals surface area contributed by atoms with E-state index in [1.165, 1.54) is 45.2 Å². The summed E-state index contributed by atoms with van der Waals surface area (Å²) in [5, 5.41) is 6.45. The van der Waals surface area contributed by atoms with E-state index in [4.69, 9.17) is 10.7 Å². The van der Waals surface area contributed by atoms with Crippen LogP contribution in [-0.4, -0.2) is 57.6 Å². The van der Waals surface area contributed by atoms with Crippen LogP contribution in [0.25, 0.3) is 27.5 Å². The van der Waals surface area contributed by atoms with Crippen LogP contribution in [0.4, 0.5) is 5.69 Å². The van der Waals surface area contributed by atoms with Crippen LogP contribution in [0.2, 0.25) is 0 Å². The van der Waals surface area contributed by atoms with Crippen molar-refractivity contribution in [2.75, 3.05) is 31.1 Å². The molecule has 2 N–H and O–H groups in total. The molecule has 0 bridgehead atoms. The van der Waals surface area contributed by atoms with E-state index >= 15 is 0 Å².